The van der Waals surface area contributed by atoms with Gasteiger partial charge in [-0.2, -0.15) is 23.3 Å². The number of alkyl halides is 3. The Balaban J connectivity index is 2.06. The summed E-state index contributed by atoms with van der Waals surface area (Å²) in [5.74, 6) is -2.64. The lowest BCUT2D eigenvalue weighted by molar-refractivity contribution is -0.312. The number of amides is 1. The van der Waals surface area contributed by atoms with Crippen LogP contribution in [0.5, 0.6) is 5.75 Å². The Labute approximate surface area is 136 Å². The van der Waals surface area contributed by atoms with Crippen molar-refractivity contribution in [1.82, 2.24) is 5.01 Å². The van der Waals surface area contributed by atoms with E-state index in [1.165, 1.54) is 24.3 Å². The minimum atomic E-state index is -5.04. The lowest BCUT2D eigenvalue weighted by atomic mass is 9.75. The van der Waals surface area contributed by atoms with Crippen molar-refractivity contribution in [2.24, 2.45) is 16.9 Å². The molecule has 2 N–H and O–H groups in total. The van der Waals surface area contributed by atoms with Gasteiger partial charge in [0.15, 0.2) is 0 Å². The Bertz CT molecular complexity index is 687. The molecule has 1 aromatic carbocycles. The molecule has 1 fully saturated rings. The predicted molar refractivity (Wildman–Crippen MR) is 79.2 cm³/mol. The van der Waals surface area contributed by atoms with E-state index in [1.54, 1.807) is 6.92 Å². The van der Waals surface area contributed by atoms with Gasteiger partial charge in [-0.25, -0.2) is 0 Å². The maximum absolute atomic E-state index is 13.7. The van der Waals surface area contributed by atoms with Gasteiger partial charge >= 0.3 is 6.18 Å². The Morgan fingerprint density at radius 2 is 1.92 bits per heavy atom. The molecule has 0 unspecified atom stereocenters. The number of fused-ring (bicyclic) bond motifs is 1. The molecule has 5 nitrogen and oxygen atoms in total. The summed E-state index contributed by atoms with van der Waals surface area (Å²) in [6.07, 6.45) is -3.71. The van der Waals surface area contributed by atoms with Crippen LogP contribution in [0.25, 0.3) is 0 Å². The van der Waals surface area contributed by atoms with Crippen LogP contribution in [0, 0.1) is 11.8 Å². The molecule has 2 aliphatic rings. The van der Waals surface area contributed by atoms with Crippen molar-refractivity contribution in [3.63, 3.8) is 0 Å². The third-order valence-corrected chi connectivity index (χ3v) is 4.74. The number of rotatable bonds is 1. The van der Waals surface area contributed by atoms with Crippen LogP contribution in [0.4, 0.5) is 13.2 Å². The summed E-state index contributed by atoms with van der Waals surface area (Å²) in [5.41, 5.74) is -3.22. The van der Waals surface area contributed by atoms with Gasteiger partial charge in [-0.3, -0.25) is 4.79 Å². The van der Waals surface area contributed by atoms with Crippen LogP contribution in [-0.4, -0.2) is 38.7 Å². The molecule has 130 valence electrons. The predicted octanol–water partition coefficient (Wildman–Crippen LogP) is 2.89. The lowest BCUT2D eigenvalue weighted by Crippen LogP contribution is -2.61. The summed E-state index contributed by atoms with van der Waals surface area (Å²) < 4.78 is 41.0. The number of benzene rings is 1. The molecule has 0 spiro atoms. The van der Waals surface area contributed by atoms with E-state index in [9.17, 15) is 28.2 Å². The summed E-state index contributed by atoms with van der Waals surface area (Å²) in [5, 5.41) is 23.8. The maximum Gasteiger partial charge on any atom is 0.439 e. The summed E-state index contributed by atoms with van der Waals surface area (Å²) in [4.78, 5) is 12.5. The Morgan fingerprint density at radius 3 is 2.50 bits per heavy atom. The summed E-state index contributed by atoms with van der Waals surface area (Å²) in [7, 11) is 0. The van der Waals surface area contributed by atoms with Crippen molar-refractivity contribution in [3.8, 4) is 5.75 Å². The molecule has 1 heterocycles. The van der Waals surface area contributed by atoms with Crippen LogP contribution in [0.3, 0.4) is 0 Å². The molecule has 1 aliphatic heterocycles. The first-order chi connectivity index (χ1) is 11.2. The number of aliphatic hydroxyl groups is 1. The number of carbonyl (C=O) groups is 1. The monoisotopic (exact) mass is 342 g/mol. The number of aromatic hydroxyl groups is 1. The van der Waals surface area contributed by atoms with Crippen molar-refractivity contribution >= 4 is 11.6 Å². The number of halogens is 3. The number of phenolic OH excluding ortho intramolecular Hbond substituents is 1. The Hall–Kier alpha value is -2.09. The molecule has 8 heteroatoms. The molecule has 1 aromatic rings. The van der Waals surface area contributed by atoms with Gasteiger partial charge in [0.2, 0.25) is 0 Å². The van der Waals surface area contributed by atoms with E-state index in [1.807, 2.05) is 0 Å². The number of hydrogen-bond donors (Lipinski definition) is 2. The second-order valence-corrected chi connectivity index (χ2v) is 6.30. The van der Waals surface area contributed by atoms with Crippen LogP contribution in [0.2, 0.25) is 0 Å². The largest absolute Gasteiger partial charge is 0.508 e. The SMILES string of the molecule is C[C@@H]1CCC[C@@H]2C1=NN(C(=O)c1ccc(O)cc1)[C@@]2(O)C(F)(F)F. The van der Waals surface area contributed by atoms with E-state index in [2.05, 4.69) is 5.10 Å². The van der Waals surface area contributed by atoms with Gasteiger partial charge in [0.05, 0.1) is 5.92 Å². The van der Waals surface area contributed by atoms with Gasteiger partial charge < -0.3 is 10.2 Å². The van der Waals surface area contributed by atoms with Crippen molar-refractivity contribution in [2.75, 3.05) is 0 Å². The molecule has 3 atom stereocenters. The second-order valence-electron chi connectivity index (χ2n) is 6.30. The summed E-state index contributed by atoms with van der Waals surface area (Å²) in [6.45, 7) is 1.75. The molecule has 1 saturated carbocycles. The highest BCUT2D eigenvalue weighted by Crippen LogP contribution is 2.49. The molecule has 3 rings (SSSR count). The first-order valence-electron chi connectivity index (χ1n) is 7.67. The number of carbonyl (C=O) groups excluding carboxylic acids is 1. The fraction of sp³-hybridized carbons (Fsp3) is 0.500. The van der Waals surface area contributed by atoms with Crippen LogP contribution >= 0.6 is 0 Å². The third kappa shape index (κ3) is 2.36. The molecular formula is C16H17F3N2O3. The van der Waals surface area contributed by atoms with Gasteiger partial charge in [0.25, 0.3) is 11.6 Å². The van der Waals surface area contributed by atoms with E-state index in [-0.39, 0.29) is 34.4 Å². The van der Waals surface area contributed by atoms with Crippen LogP contribution < -0.4 is 0 Å². The van der Waals surface area contributed by atoms with E-state index < -0.39 is 23.7 Å². The van der Waals surface area contributed by atoms with Crippen molar-refractivity contribution in [3.05, 3.63) is 29.8 Å². The van der Waals surface area contributed by atoms with E-state index >= 15 is 0 Å². The first-order valence-corrected chi connectivity index (χ1v) is 7.67. The topological polar surface area (TPSA) is 73.1 Å². The molecule has 0 bridgehead atoms. The van der Waals surface area contributed by atoms with Gasteiger partial charge in [-0.1, -0.05) is 13.3 Å². The molecule has 1 aliphatic carbocycles. The number of phenols is 1. The molecule has 1 amide bonds. The van der Waals surface area contributed by atoms with E-state index in [0.29, 0.717) is 12.8 Å². The lowest BCUT2D eigenvalue weighted by Gasteiger charge is -2.39. The van der Waals surface area contributed by atoms with Crippen LogP contribution in [0.1, 0.15) is 36.5 Å². The number of nitrogens with zero attached hydrogens (tertiary/aromatic N) is 2. The normalized spacial score (nSPS) is 30.0. The van der Waals surface area contributed by atoms with Gasteiger partial charge in [-0.05, 0) is 43.0 Å². The van der Waals surface area contributed by atoms with Crippen LogP contribution in [-0.2, 0) is 0 Å². The smallest absolute Gasteiger partial charge is 0.439 e. The minimum absolute atomic E-state index is 0.0916. The highest BCUT2D eigenvalue weighted by molar-refractivity contribution is 6.00. The number of hydrazone groups is 1. The standard InChI is InChI=1S/C16H17F3N2O3/c1-9-3-2-4-12-13(9)20-21(15(12,24)16(17,18)19)14(23)10-5-7-11(22)8-6-10/h5-9,12,22,24H,2-4H2,1H3/t9-,12-,15+/m1/s1. The number of hydrogen-bond acceptors (Lipinski definition) is 4. The zero-order valence-corrected chi connectivity index (χ0v) is 12.9. The molecule has 0 aromatic heterocycles. The third-order valence-electron chi connectivity index (χ3n) is 4.74. The average molecular weight is 342 g/mol. The van der Waals surface area contributed by atoms with E-state index in [4.69, 9.17) is 0 Å². The average Bonchev–Trinajstić information content (AvgIpc) is 2.83. The fourth-order valence-electron chi connectivity index (χ4n) is 3.43. The van der Waals surface area contributed by atoms with Crippen molar-refractivity contribution < 1.29 is 28.2 Å². The Kier molecular flexibility index (Phi) is 3.82. The van der Waals surface area contributed by atoms with E-state index in [0.717, 1.165) is 0 Å². The maximum atomic E-state index is 13.7. The summed E-state index contributed by atoms with van der Waals surface area (Å²) >= 11 is 0. The fourth-order valence-corrected chi connectivity index (χ4v) is 3.43. The van der Waals surface area contributed by atoms with Crippen molar-refractivity contribution in [2.45, 2.75) is 38.1 Å². The molecule has 0 radical (unpaired) electrons. The zero-order valence-electron chi connectivity index (χ0n) is 12.9. The van der Waals surface area contributed by atoms with Crippen molar-refractivity contribution in [1.29, 1.82) is 0 Å². The zero-order chi connectivity index (χ0) is 17.7. The molecule has 24 heavy (non-hydrogen) atoms. The van der Waals surface area contributed by atoms with Gasteiger partial charge in [-0.15, -0.1) is 0 Å². The van der Waals surface area contributed by atoms with Gasteiger partial charge in [0, 0.05) is 11.3 Å². The summed E-state index contributed by atoms with van der Waals surface area (Å²) in [6, 6.07) is 4.78. The molecule has 0 saturated heterocycles. The molecular weight excluding hydrogens is 325 g/mol. The Morgan fingerprint density at radius 1 is 1.29 bits per heavy atom. The van der Waals surface area contributed by atoms with Gasteiger partial charge in [0.1, 0.15) is 5.75 Å². The second kappa shape index (κ2) is 5.47. The highest BCUT2D eigenvalue weighted by atomic mass is 19.4. The quantitative estimate of drug-likeness (QED) is 0.824. The van der Waals surface area contributed by atoms with Crippen LogP contribution in [0.15, 0.2) is 29.4 Å². The highest BCUT2D eigenvalue weighted by Gasteiger charge is 2.69. The first kappa shape index (κ1) is 16.8. The minimum Gasteiger partial charge on any atom is -0.508 e.